The van der Waals surface area contributed by atoms with Gasteiger partial charge in [0.25, 0.3) is 10.2 Å². The number of nitrogens with zero attached hydrogens (tertiary/aromatic N) is 2. The molecule has 0 spiro atoms. The van der Waals surface area contributed by atoms with Gasteiger partial charge in [-0.25, -0.2) is 0 Å². The zero-order chi connectivity index (χ0) is 13.6. The highest BCUT2D eigenvalue weighted by Gasteiger charge is 2.33. The Labute approximate surface area is 110 Å². The SMILES string of the molecule is CCC(CC)N(CCO)S(=O)(=O)N1CCNCC1. The molecule has 18 heavy (non-hydrogen) atoms. The molecular weight excluding hydrogens is 254 g/mol. The van der Waals surface area contributed by atoms with Crippen molar-refractivity contribution in [2.75, 3.05) is 39.3 Å². The van der Waals surface area contributed by atoms with Gasteiger partial charge in [0.1, 0.15) is 0 Å². The Hall–Kier alpha value is -0.210. The Bertz CT molecular complexity index is 324. The van der Waals surface area contributed by atoms with Crippen LogP contribution in [0.1, 0.15) is 26.7 Å². The van der Waals surface area contributed by atoms with Crippen LogP contribution in [0.5, 0.6) is 0 Å². The van der Waals surface area contributed by atoms with Gasteiger partial charge < -0.3 is 10.4 Å². The predicted octanol–water partition coefficient (Wildman–Crippen LogP) is -0.381. The smallest absolute Gasteiger partial charge is 0.282 e. The van der Waals surface area contributed by atoms with Crippen LogP contribution in [0.2, 0.25) is 0 Å². The van der Waals surface area contributed by atoms with Crippen molar-refractivity contribution in [1.29, 1.82) is 0 Å². The van der Waals surface area contributed by atoms with E-state index in [-0.39, 0.29) is 19.2 Å². The molecule has 0 saturated carbocycles. The van der Waals surface area contributed by atoms with Crippen LogP contribution < -0.4 is 5.32 Å². The van der Waals surface area contributed by atoms with E-state index >= 15 is 0 Å². The second-order valence-electron chi connectivity index (χ2n) is 4.46. The zero-order valence-electron chi connectivity index (χ0n) is 11.3. The van der Waals surface area contributed by atoms with Crippen LogP contribution in [0.25, 0.3) is 0 Å². The van der Waals surface area contributed by atoms with E-state index in [0.29, 0.717) is 26.2 Å². The van der Waals surface area contributed by atoms with E-state index in [2.05, 4.69) is 5.32 Å². The van der Waals surface area contributed by atoms with Crippen LogP contribution in [0, 0.1) is 0 Å². The minimum atomic E-state index is -3.44. The summed E-state index contributed by atoms with van der Waals surface area (Å²) in [4.78, 5) is 0. The fourth-order valence-electron chi connectivity index (χ4n) is 2.30. The molecule has 0 radical (unpaired) electrons. The first-order valence-electron chi connectivity index (χ1n) is 6.66. The van der Waals surface area contributed by atoms with Gasteiger partial charge in [0.05, 0.1) is 6.61 Å². The molecule has 0 bridgehead atoms. The normalized spacial score (nSPS) is 18.7. The number of hydrogen-bond acceptors (Lipinski definition) is 4. The van der Waals surface area contributed by atoms with E-state index in [9.17, 15) is 8.42 Å². The molecule has 1 fully saturated rings. The maximum Gasteiger partial charge on any atom is 0.282 e. The summed E-state index contributed by atoms with van der Waals surface area (Å²) in [5.74, 6) is 0. The van der Waals surface area contributed by atoms with Gasteiger partial charge in [0, 0.05) is 38.8 Å². The monoisotopic (exact) mass is 279 g/mol. The van der Waals surface area contributed by atoms with Crippen molar-refractivity contribution in [3.8, 4) is 0 Å². The van der Waals surface area contributed by atoms with Crippen molar-refractivity contribution >= 4 is 10.2 Å². The van der Waals surface area contributed by atoms with Crippen LogP contribution in [0.3, 0.4) is 0 Å². The molecule has 0 aromatic rings. The minimum absolute atomic E-state index is 0.0305. The average Bonchev–Trinajstić information content (AvgIpc) is 2.40. The third-order valence-corrected chi connectivity index (χ3v) is 5.46. The first-order chi connectivity index (χ1) is 8.57. The first-order valence-corrected chi connectivity index (χ1v) is 8.06. The number of rotatable bonds is 7. The van der Waals surface area contributed by atoms with Crippen molar-refractivity contribution in [3.63, 3.8) is 0 Å². The van der Waals surface area contributed by atoms with Gasteiger partial charge in [-0.3, -0.25) is 0 Å². The average molecular weight is 279 g/mol. The Morgan fingerprint density at radius 3 is 2.28 bits per heavy atom. The molecule has 1 aliphatic heterocycles. The molecule has 108 valence electrons. The summed E-state index contributed by atoms with van der Waals surface area (Å²) >= 11 is 0. The lowest BCUT2D eigenvalue weighted by atomic mass is 10.2. The number of aliphatic hydroxyl groups excluding tert-OH is 1. The van der Waals surface area contributed by atoms with Crippen LogP contribution >= 0.6 is 0 Å². The maximum absolute atomic E-state index is 12.5. The molecular formula is C11H25N3O3S. The molecule has 0 atom stereocenters. The lowest BCUT2D eigenvalue weighted by molar-refractivity contribution is 0.205. The molecule has 0 aromatic carbocycles. The summed E-state index contributed by atoms with van der Waals surface area (Å²) in [6.07, 6.45) is 1.53. The van der Waals surface area contributed by atoms with Crippen molar-refractivity contribution in [2.45, 2.75) is 32.7 Å². The van der Waals surface area contributed by atoms with Gasteiger partial charge in [0.15, 0.2) is 0 Å². The van der Waals surface area contributed by atoms with Gasteiger partial charge in [-0.2, -0.15) is 17.0 Å². The Morgan fingerprint density at radius 2 is 1.83 bits per heavy atom. The molecule has 1 rings (SSSR count). The first kappa shape index (κ1) is 15.8. The van der Waals surface area contributed by atoms with Gasteiger partial charge in [0.2, 0.25) is 0 Å². The Kier molecular flexibility index (Phi) is 6.51. The number of aliphatic hydroxyl groups is 1. The summed E-state index contributed by atoms with van der Waals surface area (Å²) in [5, 5.41) is 12.2. The highest BCUT2D eigenvalue weighted by molar-refractivity contribution is 7.86. The molecule has 1 heterocycles. The van der Waals surface area contributed by atoms with Crippen LogP contribution in [-0.4, -0.2) is 67.5 Å². The van der Waals surface area contributed by atoms with Crippen molar-refractivity contribution < 1.29 is 13.5 Å². The lowest BCUT2D eigenvalue weighted by Crippen LogP contribution is -2.54. The Balaban J connectivity index is 2.87. The second-order valence-corrected chi connectivity index (χ2v) is 6.34. The topological polar surface area (TPSA) is 72.9 Å². The van der Waals surface area contributed by atoms with E-state index < -0.39 is 10.2 Å². The quantitative estimate of drug-likeness (QED) is 0.666. The summed E-state index contributed by atoms with van der Waals surface area (Å²) in [7, 11) is -3.44. The van der Waals surface area contributed by atoms with Crippen LogP contribution in [0.4, 0.5) is 0 Å². The Morgan fingerprint density at radius 1 is 1.28 bits per heavy atom. The van der Waals surface area contributed by atoms with E-state index in [4.69, 9.17) is 5.11 Å². The number of nitrogens with one attached hydrogen (secondary N) is 1. The van der Waals surface area contributed by atoms with Crippen LogP contribution in [-0.2, 0) is 10.2 Å². The minimum Gasteiger partial charge on any atom is -0.395 e. The second kappa shape index (κ2) is 7.40. The van der Waals surface area contributed by atoms with Crippen molar-refractivity contribution in [3.05, 3.63) is 0 Å². The summed E-state index contributed by atoms with van der Waals surface area (Å²) in [6, 6.07) is -0.0305. The van der Waals surface area contributed by atoms with E-state index in [1.54, 1.807) is 0 Å². The molecule has 0 amide bonds. The van der Waals surface area contributed by atoms with E-state index in [1.807, 2.05) is 13.8 Å². The lowest BCUT2D eigenvalue weighted by Gasteiger charge is -2.35. The largest absolute Gasteiger partial charge is 0.395 e. The van der Waals surface area contributed by atoms with E-state index in [1.165, 1.54) is 8.61 Å². The third kappa shape index (κ3) is 3.64. The number of hydrogen-bond donors (Lipinski definition) is 2. The summed E-state index contributed by atoms with van der Waals surface area (Å²) in [6.45, 7) is 6.39. The molecule has 1 saturated heterocycles. The standard InChI is InChI=1S/C11H25N3O3S/c1-3-11(4-2)14(9-10-15)18(16,17)13-7-5-12-6-8-13/h11-12,15H,3-10H2,1-2H3. The summed E-state index contributed by atoms with van der Waals surface area (Å²) in [5.41, 5.74) is 0. The molecule has 0 aliphatic carbocycles. The maximum atomic E-state index is 12.5. The molecule has 0 unspecified atom stereocenters. The fraction of sp³-hybridized carbons (Fsp3) is 1.00. The molecule has 7 heteroatoms. The zero-order valence-corrected chi connectivity index (χ0v) is 12.1. The van der Waals surface area contributed by atoms with Crippen molar-refractivity contribution in [1.82, 2.24) is 13.9 Å². The highest BCUT2D eigenvalue weighted by atomic mass is 32.2. The molecule has 6 nitrogen and oxygen atoms in total. The summed E-state index contributed by atoms with van der Waals surface area (Å²) < 4.78 is 28.1. The van der Waals surface area contributed by atoms with Gasteiger partial charge in [-0.15, -0.1) is 0 Å². The van der Waals surface area contributed by atoms with Crippen LogP contribution in [0.15, 0.2) is 0 Å². The molecule has 1 aliphatic rings. The van der Waals surface area contributed by atoms with Gasteiger partial charge >= 0.3 is 0 Å². The van der Waals surface area contributed by atoms with Gasteiger partial charge in [-0.1, -0.05) is 13.8 Å². The molecule has 0 aromatic heterocycles. The molecule has 2 N–H and O–H groups in total. The predicted molar refractivity (Wildman–Crippen MR) is 71.5 cm³/mol. The highest BCUT2D eigenvalue weighted by Crippen LogP contribution is 2.17. The number of piperazine rings is 1. The van der Waals surface area contributed by atoms with Crippen molar-refractivity contribution in [2.24, 2.45) is 0 Å². The van der Waals surface area contributed by atoms with Gasteiger partial charge in [-0.05, 0) is 12.8 Å². The third-order valence-electron chi connectivity index (χ3n) is 3.37. The fourth-order valence-corrected chi connectivity index (χ4v) is 4.23. The van der Waals surface area contributed by atoms with E-state index in [0.717, 1.165) is 12.8 Å².